The molecular formula is C20H31ClN4O2. The van der Waals surface area contributed by atoms with Crippen LogP contribution in [0.25, 0.3) is 0 Å². The molecule has 1 heterocycles. The van der Waals surface area contributed by atoms with E-state index in [-0.39, 0.29) is 11.9 Å². The highest BCUT2D eigenvalue weighted by molar-refractivity contribution is 6.30. The van der Waals surface area contributed by atoms with Gasteiger partial charge >= 0.3 is 0 Å². The van der Waals surface area contributed by atoms with Crippen molar-refractivity contribution in [3.63, 3.8) is 0 Å². The summed E-state index contributed by atoms with van der Waals surface area (Å²) < 4.78 is 0. The number of likely N-dealkylation sites (tertiary alicyclic amines) is 1. The summed E-state index contributed by atoms with van der Waals surface area (Å²) in [5.74, 6) is 0.201. The molecule has 1 unspecified atom stereocenters. The van der Waals surface area contributed by atoms with Crippen LogP contribution in [-0.4, -0.2) is 42.9 Å². The van der Waals surface area contributed by atoms with Crippen LogP contribution in [0.15, 0.2) is 18.2 Å². The van der Waals surface area contributed by atoms with Gasteiger partial charge in [-0.1, -0.05) is 24.1 Å². The Morgan fingerprint density at radius 2 is 2.07 bits per heavy atom. The van der Waals surface area contributed by atoms with Gasteiger partial charge in [-0.3, -0.25) is 9.59 Å². The number of hydrogen-bond acceptors (Lipinski definition) is 4. The number of hydrogen-bond donors (Lipinski definition) is 3. The zero-order chi connectivity index (χ0) is 19.8. The summed E-state index contributed by atoms with van der Waals surface area (Å²) in [5.41, 5.74) is 13.7. The van der Waals surface area contributed by atoms with Crippen molar-refractivity contribution in [2.24, 2.45) is 11.5 Å². The molecule has 0 saturated carbocycles. The first-order valence-corrected chi connectivity index (χ1v) is 10.1. The lowest BCUT2D eigenvalue weighted by molar-refractivity contribution is -0.123. The first-order chi connectivity index (χ1) is 13.0. The molecule has 2 rings (SSSR count). The molecule has 2 atom stereocenters. The van der Waals surface area contributed by atoms with Gasteiger partial charge in [-0.2, -0.15) is 0 Å². The van der Waals surface area contributed by atoms with E-state index in [1.807, 2.05) is 25.1 Å². The van der Waals surface area contributed by atoms with Crippen molar-refractivity contribution in [3.8, 4) is 0 Å². The molecule has 1 saturated heterocycles. The molecule has 0 radical (unpaired) electrons. The highest BCUT2D eigenvalue weighted by Crippen LogP contribution is 2.34. The standard InChI is InChI=1S/C20H31ClN4O2/c1-14(24-20(27)19(23)4-2-3-9-22)18-12-16(21)5-6-17(18)15-7-10-25(13-26)11-8-15/h5-6,12-15,19H,2-4,7-11,22-23H2,1H3,(H,24,27)/t14-,19?/m0/s1. The summed E-state index contributed by atoms with van der Waals surface area (Å²) in [4.78, 5) is 25.2. The van der Waals surface area contributed by atoms with E-state index >= 15 is 0 Å². The molecule has 1 aromatic carbocycles. The number of benzene rings is 1. The van der Waals surface area contributed by atoms with Gasteiger partial charge in [-0.25, -0.2) is 0 Å². The summed E-state index contributed by atoms with van der Waals surface area (Å²) in [7, 11) is 0. The number of carbonyl (C=O) groups excluding carboxylic acids is 2. The molecule has 7 heteroatoms. The van der Waals surface area contributed by atoms with Crippen molar-refractivity contribution >= 4 is 23.9 Å². The van der Waals surface area contributed by atoms with Gasteiger partial charge in [-0.15, -0.1) is 0 Å². The second-order valence-electron chi connectivity index (χ2n) is 7.31. The van der Waals surface area contributed by atoms with Gasteiger partial charge in [0.05, 0.1) is 12.1 Å². The average molecular weight is 395 g/mol. The first kappa shape index (κ1) is 21.7. The smallest absolute Gasteiger partial charge is 0.237 e. The van der Waals surface area contributed by atoms with E-state index in [1.54, 1.807) is 4.90 Å². The van der Waals surface area contributed by atoms with Crippen LogP contribution in [-0.2, 0) is 9.59 Å². The molecule has 1 fully saturated rings. The minimum atomic E-state index is -0.530. The second kappa shape index (κ2) is 10.6. The highest BCUT2D eigenvalue weighted by atomic mass is 35.5. The SMILES string of the molecule is C[C@H](NC(=O)C(N)CCCCN)c1cc(Cl)ccc1C1CCN(C=O)CC1. The fraction of sp³-hybridized carbons (Fsp3) is 0.600. The summed E-state index contributed by atoms with van der Waals surface area (Å²) in [5, 5.41) is 3.67. The van der Waals surface area contributed by atoms with Crippen molar-refractivity contribution in [3.05, 3.63) is 34.3 Å². The minimum Gasteiger partial charge on any atom is -0.348 e. The van der Waals surface area contributed by atoms with Crippen LogP contribution >= 0.6 is 11.6 Å². The number of rotatable bonds is 9. The molecule has 1 aliphatic heterocycles. The Labute approximate surface area is 166 Å². The monoisotopic (exact) mass is 394 g/mol. The van der Waals surface area contributed by atoms with Crippen molar-refractivity contribution < 1.29 is 9.59 Å². The Balaban J connectivity index is 2.06. The van der Waals surface area contributed by atoms with Crippen molar-refractivity contribution in [1.82, 2.24) is 10.2 Å². The summed E-state index contributed by atoms with van der Waals surface area (Å²) in [6.07, 6.45) is 5.07. The highest BCUT2D eigenvalue weighted by Gasteiger charge is 2.25. The first-order valence-electron chi connectivity index (χ1n) is 9.71. The fourth-order valence-electron chi connectivity index (χ4n) is 3.65. The number of nitrogens with zero attached hydrogens (tertiary/aromatic N) is 1. The Bertz CT molecular complexity index is 632. The third-order valence-corrected chi connectivity index (χ3v) is 5.53. The maximum absolute atomic E-state index is 12.4. The van der Waals surface area contributed by atoms with Gasteiger partial charge in [-0.05, 0) is 68.3 Å². The number of halogens is 1. The van der Waals surface area contributed by atoms with Gasteiger partial charge in [0.15, 0.2) is 0 Å². The third-order valence-electron chi connectivity index (χ3n) is 5.30. The third kappa shape index (κ3) is 6.19. The topological polar surface area (TPSA) is 101 Å². The van der Waals surface area contributed by atoms with Gasteiger partial charge in [0.25, 0.3) is 0 Å². The van der Waals surface area contributed by atoms with Gasteiger partial charge in [0.2, 0.25) is 12.3 Å². The Morgan fingerprint density at radius 1 is 1.37 bits per heavy atom. The Morgan fingerprint density at radius 3 is 2.70 bits per heavy atom. The maximum atomic E-state index is 12.4. The summed E-state index contributed by atoms with van der Waals surface area (Å²) in [6.45, 7) is 4.08. The van der Waals surface area contributed by atoms with Gasteiger partial charge in [0, 0.05) is 18.1 Å². The number of nitrogens with two attached hydrogens (primary N) is 2. The van der Waals surface area contributed by atoms with Gasteiger partial charge < -0.3 is 21.7 Å². The average Bonchev–Trinajstić information content (AvgIpc) is 2.68. The van der Waals surface area contributed by atoms with Crippen LogP contribution < -0.4 is 16.8 Å². The van der Waals surface area contributed by atoms with E-state index in [2.05, 4.69) is 5.32 Å². The molecule has 5 N–H and O–H groups in total. The van der Waals surface area contributed by atoms with E-state index in [9.17, 15) is 9.59 Å². The van der Waals surface area contributed by atoms with Crippen LogP contribution in [0.4, 0.5) is 0 Å². The maximum Gasteiger partial charge on any atom is 0.237 e. The molecule has 0 aliphatic carbocycles. The van der Waals surface area contributed by atoms with Crippen molar-refractivity contribution in [1.29, 1.82) is 0 Å². The van der Waals surface area contributed by atoms with E-state index in [1.165, 1.54) is 5.56 Å². The summed E-state index contributed by atoms with van der Waals surface area (Å²) in [6, 6.07) is 5.14. The van der Waals surface area contributed by atoms with Crippen molar-refractivity contribution in [2.75, 3.05) is 19.6 Å². The molecule has 1 aliphatic rings. The van der Waals surface area contributed by atoms with E-state index in [0.717, 1.165) is 50.7 Å². The van der Waals surface area contributed by atoms with Gasteiger partial charge in [0.1, 0.15) is 0 Å². The van der Waals surface area contributed by atoms with E-state index in [0.29, 0.717) is 23.9 Å². The molecule has 6 nitrogen and oxygen atoms in total. The fourth-order valence-corrected chi connectivity index (χ4v) is 3.83. The number of piperidine rings is 1. The molecule has 150 valence electrons. The van der Waals surface area contributed by atoms with Crippen LogP contribution in [0.1, 0.15) is 62.1 Å². The van der Waals surface area contributed by atoms with Crippen molar-refractivity contribution in [2.45, 2.75) is 57.0 Å². The molecule has 0 spiro atoms. The lowest BCUT2D eigenvalue weighted by Gasteiger charge is -2.32. The van der Waals surface area contributed by atoms with E-state index < -0.39 is 6.04 Å². The number of nitrogens with one attached hydrogen (secondary N) is 1. The predicted octanol–water partition coefficient (Wildman–Crippen LogP) is 2.31. The predicted molar refractivity (Wildman–Crippen MR) is 109 cm³/mol. The summed E-state index contributed by atoms with van der Waals surface area (Å²) >= 11 is 6.23. The Kier molecular flexibility index (Phi) is 8.54. The molecule has 27 heavy (non-hydrogen) atoms. The Hall–Kier alpha value is -1.63. The molecule has 0 aromatic heterocycles. The minimum absolute atomic E-state index is 0.152. The molecule has 1 aromatic rings. The number of amides is 2. The van der Waals surface area contributed by atoms with Crippen LogP contribution in [0.3, 0.4) is 0 Å². The molecular weight excluding hydrogens is 364 g/mol. The molecule has 2 amide bonds. The number of carbonyl (C=O) groups is 2. The second-order valence-corrected chi connectivity index (χ2v) is 7.75. The van der Waals surface area contributed by atoms with Crippen LogP contribution in [0.5, 0.6) is 0 Å². The molecule has 0 bridgehead atoms. The normalized spacial score (nSPS) is 17.4. The quantitative estimate of drug-likeness (QED) is 0.441. The van der Waals surface area contributed by atoms with E-state index in [4.69, 9.17) is 23.1 Å². The van der Waals surface area contributed by atoms with Crippen LogP contribution in [0.2, 0.25) is 5.02 Å². The van der Waals surface area contributed by atoms with Crippen LogP contribution in [0, 0.1) is 0 Å². The lowest BCUT2D eigenvalue weighted by Crippen LogP contribution is -2.42. The number of unbranched alkanes of at least 4 members (excludes halogenated alkanes) is 1. The lowest BCUT2D eigenvalue weighted by atomic mass is 9.85. The largest absolute Gasteiger partial charge is 0.348 e. The zero-order valence-electron chi connectivity index (χ0n) is 16.0. The zero-order valence-corrected chi connectivity index (χ0v) is 16.8.